The molecule has 1 amide bonds. The molecule has 0 aromatic heterocycles. The maximum Gasteiger partial charge on any atom is 0.416 e. The minimum absolute atomic E-state index is 0.0362. The van der Waals surface area contributed by atoms with Gasteiger partial charge in [-0.3, -0.25) is 9.52 Å². The predicted octanol–water partition coefficient (Wildman–Crippen LogP) is 4.97. The summed E-state index contributed by atoms with van der Waals surface area (Å²) in [6, 6.07) is 14.8. The summed E-state index contributed by atoms with van der Waals surface area (Å²) in [7, 11) is -2.10. The van der Waals surface area contributed by atoms with Crippen LogP contribution in [0, 0.1) is 5.82 Å². The fraction of sp³-hybridized carbons (Fsp3) is 0.345. The third-order valence-electron chi connectivity index (χ3n) is 7.11. The topological polar surface area (TPSA) is 91.0 Å². The van der Waals surface area contributed by atoms with Crippen molar-refractivity contribution < 1.29 is 35.5 Å². The lowest BCUT2D eigenvalue weighted by atomic mass is 9.99. The normalized spacial score (nSPS) is 14.8. The number of amides is 1. The molecule has 1 fully saturated rings. The van der Waals surface area contributed by atoms with Gasteiger partial charge in [0.2, 0.25) is 15.9 Å². The van der Waals surface area contributed by atoms with Crippen LogP contribution >= 0.6 is 0 Å². The number of hydrogen-bond donors (Lipinski definition) is 2. The van der Waals surface area contributed by atoms with E-state index in [1.807, 2.05) is 29.2 Å². The molecule has 0 saturated carbocycles. The summed E-state index contributed by atoms with van der Waals surface area (Å²) in [5.41, 5.74) is 1.17. The molecule has 0 radical (unpaired) electrons. The molecule has 8 nitrogen and oxygen atoms in total. The lowest BCUT2D eigenvalue weighted by Crippen LogP contribution is -2.47. The molecule has 13 heteroatoms. The summed E-state index contributed by atoms with van der Waals surface area (Å²) in [6.45, 7) is 3.63. The van der Waals surface area contributed by atoms with Gasteiger partial charge in [0.05, 0.1) is 30.5 Å². The van der Waals surface area contributed by atoms with Gasteiger partial charge in [0.15, 0.2) is 0 Å². The van der Waals surface area contributed by atoms with E-state index >= 15 is 0 Å². The molecule has 1 unspecified atom stereocenters. The molecular formula is C29H32F4N4O4S. The van der Waals surface area contributed by atoms with Crippen LogP contribution < -0.4 is 24.6 Å². The van der Waals surface area contributed by atoms with Gasteiger partial charge in [0.1, 0.15) is 11.6 Å². The highest BCUT2D eigenvalue weighted by Gasteiger charge is 2.32. The Balaban J connectivity index is 1.47. The van der Waals surface area contributed by atoms with Gasteiger partial charge in [-0.05, 0) is 66.6 Å². The van der Waals surface area contributed by atoms with Crippen LogP contribution in [0.4, 0.5) is 34.6 Å². The first-order valence-electron chi connectivity index (χ1n) is 13.1. The zero-order chi connectivity index (χ0) is 30.7. The molecule has 0 bridgehead atoms. The fourth-order valence-corrected chi connectivity index (χ4v) is 5.32. The molecule has 1 saturated heterocycles. The van der Waals surface area contributed by atoms with Crippen LogP contribution in [0.15, 0.2) is 60.7 Å². The third-order valence-corrected chi connectivity index (χ3v) is 7.70. The van der Waals surface area contributed by atoms with Gasteiger partial charge in [0, 0.05) is 44.1 Å². The van der Waals surface area contributed by atoms with Gasteiger partial charge in [-0.1, -0.05) is 12.1 Å². The van der Waals surface area contributed by atoms with Gasteiger partial charge >= 0.3 is 6.18 Å². The van der Waals surface area contributed by atoms with Gasteiger partial charge < -0.3 is 19.9 Å². The Morgan fingerprint density at radius 2 is 1.62 bits per heavy atom. The average molecular weight is 609 g/mol. The first-order chi connectivity index (χ1) is 19.7. The fourth-order valence-electron chi connectivity index (χ4n) is 4.75. The molecule has 3 aromatic carbocycles. The van der Waals surface area contributed by atoms with Crippen molar-refractivity contribution in [1.82, 2.24) is 5.32 Å². The number of sulfonamides is 1. The number of ether oxygens (including phenoxy) is 1. The predicted molar refractivity (Wildman–Crippen MR) is 154 cm³/mol. The molecule has 0 spiro atoms. The minimum atomic E-state index is -4.53. The molecule has 42 heavy (non-hydrogen) atoms. The molecule has 1 atom stereocenters. The number of benzene rings is 3. The number of methoxy groups -OCH3 is 1. The van der Waals surface area contributed by atoms with Crippen molar-refractivity contribution in [3.63, 3.8) is 0 Å². The van der Waals surface area contributed by atoms with Gasteiger partial charge in [-0.2, -0.15) is 13.2 Å². The molecule has 1 aliphatic heterocycles. The second-order valence-electron chi connectivity index (χ2n) is 10.1. The van der Waals surface area contributed by atoms with Gasteiger partial charge in [-0.15, -0.1) is 0 Å². The number of rotatable bonds is 9. The van der Waals surface area contributed by atoms with Crippen LogP contribution in [0.3, 0.4) is 0 Å². The number of hydrogen-bond acceptors (Lipinski definition) is 6. The maximum absolute atomic E-state index is 14.5. The molecule has 2 N–H and O–H groups in total. The molecule has 226 valence electrons. The van der Waals surface area contributed by atoms with Crippen LogP contribution in [-0.4, -0.2) is 53.9 Å². The van der Waals surface area contributed by atoms with Gasteiger partial charge in [0.25, 0.3) is 0 Å². The van der Waals surface area contributed by atoms with E-state index in [9.17, 15) is 30.8 Å². The van der Waals surface area contributed by atoms with Crippen molar-refractivity contribution in [2.24, 2.45) is 0 Å². The van der Waals surface area contributed by atoms with E-state index in [1.165, 1.54) is 18.2 Å². The molecule has 1 heterocycles. The lowest BCUT2D eigenvalue weighted by molar-refractivity contribution is -0.137. The molecule has 0 aliphatic carbocycles. The monoisotopic (exact) mass is 608 g/mol. The van der Waals surface area contributed by atoms with Crippen molar-refractivity contribution in [2.45, 2.75) is 25.6 Å². The molecule has 4 rings (SSSR count). The Kier molecular flexibility index (Phi) is 9.19. The summed E-state index contributed by atoms with van der Waals surface area (Å²) in [5.74, 6) is -1.38. The highest BCUT2D eigenvalue weighted by Crippen LogP contribution is 2.34. The lowest BCUT2D eigenvalue weighted by Gasteiger charge is -2.38. The third kappa shape index (κ3) is 7.64. The number of piperazine rings is 1. The van der Waals surface area contributed by atoms with E-state index in [2.05, 4.69) is 14.9 Å². The zero-order valence-electron chi connectivity index (χ0n) is 23.3. The Morgan fingerprint density at radius 3 is 2.19 bits per heavy atom. The summed E-state index contributed by atoms with van der Waals surface area (Å²) in [5, 5.41) is 2.75. The highest BCUT2D eigenvalue weighted by molar-refractivity contribution is 7.92. The van der Waals surface area contributed by atoms with Crippen molar-refractivity contribution in [3.8, 4) is 5.75 Å². The number of alkyl halides is 3. The van der Waals surface area contributed by atoms with Crippen LogP contribution in [0.1, 0.15) is 29.5 Å². The zero-order valence-corrected chi connectivity index (χ0v) is 24.2. The van der Waals surface area contributed by atoms with E-state index in [-0.39, 0.29) is 12.2 Å². The second kappa shape index (κ2) is 12.5. The molecular weight excluding hydrogens is 576 g/mol. The van der Waals surface area contributed by atoms with E-state index in [1.54, 1.807) is 14.0 Å². The van der Waals surface area contributed by atoms with E-state index < -0.39 is 39.4 Å². The SMILES string of the molecule is COc1ccc(N2CCN(c3cc(C(F)(F)F)ccc3CNC(=O)C(C)c3ccc(NS(C)(=O)=O)c(F)c3)CC2)cc1. The van der Waals surface area contributed by atoms with Crippen LogP contribution in [0.25, 0.3) is 0 Å². The number of nitrogens with zero attached hydrogens (tertiary/aromatic N) is 2. The van der Waals surface area contributed by atoms with Crippen molar-refractivity contribution in [2.75, 3.05) is 54.1 Å². The van der Waals surface area contributed by atoms with Gasteiger partial charge in [-0.25, -0.2) is 12.8 Å². The summed E-state index contributed by atoms with van der Waals surface area (Å²) in [4.78, 5) is 17.0. The standard InChI is InChI=1S/C29H32F4N4O4S/c1-19(20-5-11-26(25(30)16-20)35-42(3,39)40)28(38)34-18-21-4-6-22(29(31,32)33)17-27(21)37-14-12-36(13-15-37)23-7-9-24(41-2)10-8-23/h4-11,16-17,19,35H,12-15,18H2,1-3H3,(H,34,38). The van der Waals surface area contributed by atoms with E-state index in [0.717, 1.165) is 35.9 Å². The number of nitrogens with one attached hydrogen (secondary N) is 2. The second-order valence-corrected chi connectivity index (χ2v) is 11.8. The smallest absolute Gasteiger partial charge is 0.416 e. The molecule has 3 aromatic rings. The first-order valence-corrected chi connectivity index (χ1v) is 15.0. The quantitative estimate of drug-likeness (QED) is 0.334. The Labute approximate surface area is 242 Å². The van der Waals surface area contributed by atoms with E-state index in [0.29, 0.717) is 43.0 Å². The van der Waals surface area contributed by atoms with E-state index in [4.69, 9.17) is 4.74 Å². The van der Waals surface area contributed by atoms with Crippen molar-refractivity contribution in [1.29, 1.82) is 0 Å². The number of halogens is 4. The Bertz CT molecular complexity index is 1520. The maximum atomic E-state index is 14.5. The minimum Gasteiger partial charge on any atom is -0.497 e. The summed E-state index contributed by atoms with van der Waals surface area (Å²) >= 11 is 0. The van der Waals surface area contributed by atoms with Crippen molar-refractivity contribution in [3.05, 3.63) is 83.2 Å². The molecule has 1 aliphatic rings. The largest absolute Gasteiger partial charge is 0.497 e. The highest BCUT2D eigenvalue weighted by atomic mass is 32.2. The summed E-state index contributed by atoms with van der Waals surface area (Å²) in [6.07, 6.45) is -3.63. The Hall–Kier alpha value is -4.00. The average Bonchev–Trinajstić information content (AvgIpc) is 2.95. The number of carbonyl (C=O) groups is 1. The Morgan fingerprint density at radius 1 is 0.976 bits per heavy atom. The number of carbonyl (C=O) groups excluding carboxylic acids is 1. The van der Waals surface area contributed by atoms with Crippen molar-refractivity contribution >= 4 is 33.0 Å². The number of anilines is 3. The summed E-state index contributed by atoms with van der Waals surface area (Å²) < 4.78 is 85.3. The first kappa shape index (κ1) is 30.9. The van der Waals surface area contributed by atoms with Crippen LogP contribution in [0.2, 0.25) is 0 Å². The van der Waals surface area contributed by atoms with Crippen LogP contribution in [-0.2, 0) is 27.5 Å². The van der Waals surface area contributed by atoms with Crippen LogP contribution in [0.5, 0.6) is 5.75 Å².